The lowest BCUT2D eigenvalue weighted by Crippen LogP contribution is -2.42. The van der Waals surface area contributed by atoms with Crippen molar-refractivity contribution in [3.05, 3.63) is 0 Å². The molecule has 0 bridgehead atoms. The topological polar surface area (TPSA) is 67.6 Å². The van der Waals surface area contributed by atoms with Gasteiger partial charge < -0.3 is 10.0 Å². The Hall–Kier alpha value is -0.830. The maximum absolute atomic E-state index is 12.4. The molecule has 1 aliphatic heterocycles. The number of carbonyl (C=O) groups excluding carboxylic acids is 1. The van der Waals surface area contributed by atoms with Crippen LogP contribution in [0.15, 0.2) is 0 Å². The molecule has 1 N–H and O–H groups in total. The van der Waals surface area contributed by atoms with Crippen molar-refractivity contribution in [3.63, 3.8) is 0 Å². The van der Waals surface area contributed by atoms with Crippen LogP contribution in [0.3, 0.4) is 0 Å². The van der Waals surface area contributed by atoms with Crippen LogP contribution in [-0.2, 0) is 4.79 Å². The van der Waals surface area contributed by atoms with E-state index >= 15 is 0 Å². The van der Waals surface area contributed by atoms with Gasteiger partial charge in [-0.25, -0.2) is 4.42 Å². The molecule has 3 aliphatic rings. The fourth-order valence-corrected chi connectivity index (χ4v) is 5.07. The number of carbonyl (C=O) groups is 1. The molecule has 5 nitrogen and oxygen atoms in total. The molecule has 0 spiro atoms. The van der Waals surface area contributed by atoms with Crippen LogP contribution in [0.2, 0.25) is 0 Å². The van der Waals surface area contributed by atoms with Crippen LogP contribution in [0, 0.1) is 23.2 Å². The van der Waals surface area contributed by atoms with Gasteiger partial charge in [0.05, 0.1) is 18.2 Å². The van der Waals surface area contributed by atoms with Crippen molar-refractivity contribution < 1.29 is 9.90 Å². The molecule has 1 amide bonds. The number of amides is 1. The summed E-state index contributed by atoms with van der Waals surface area (Å²) in [7, 11) is 0. The second-order valence-corrected chi connectivity index (χ2v) is 8.00. The summed E-state index contributed by atoms with van der Waals surface area (Å²) in [5.41, 5.74) is -0.483. The summed E-state index contributed by atoms with van der Waals surface area (Å²) in [6.45, 7) is 2.90. The van der Waals surface area contributed by atoms with Crippen molar-refractivity contribution in [1.29, 1.82) is 5.26 Å². The minimum absolute atomic E-state index is 0.0360. The van der Waals surface area contributed by atoms with Gasteiger partial charge >= 0.3 is 0 Å². The second kappa shape index (κ2) is 6.58. The van der Waals surface area contributed by atoms with Gasteiger partial charge in [0.25, 0.3) is 0 Å². The molecule has 1 saturated heterocycles. The van der Waals surface area contributed by atoms with E-state index < -0.39 is 5.60 Å². The molecule has 0 aromatic rings. The van der Waals surface area contributed by atoms with Crippen LogP contribution < -0.4 is 0 Å². The van der Waals surface area contributed by atoms with Gasteiger partial charge in [-0.3, -0.25) is 4.79 Å². The Kier molecular flexibility index (Phi) is 4.87. The third-order valence-corrected chi connectivity index (χ3v) is 6.56. The van der Waals surface area contributed by atoms with E-state index in [1.54, 1.807) is 9.32 Å². The highest BCUT2D eigenvalue weighted by Gasteiger charge is 2.49. The molecule has 3 rings (SSSR count). The fraction of sp³-hybridized carbons (Fsp3) is 0.882. The van der Waals surface area contributed by atoms with Gasteiger partial charge in [0.1, 0.15) is 6.04 Å². The molecule has 0 aromatic heterocycles. The van der Waals surface area contributed by atoms with Gasteiger partial charge in [0, 0.05) is 12.6 Å². The van der Waals surface area contributed by atoms with Gasteiger partial charge in [0.15, 0.2) is 0 Å². The van der Waals surface area contributed by atoms with Crippen LogP contribution in [0.4, 0.5) is 0 Å². The average Bonchev–Trinajstić information content (AvgIpc) is 3.19. The standard InChI is InChI=1S/C17H26ClN3O2/c1-2-17(23)8-12-6-15(7-13(12)9-17)21(18)11-16(22)20-5-3-4-14(20)10-19/h12-15,23H,2-9,11H2,1H3/t12-,13+,14-,15?,17-/m0/s1. The van der Waals surface area contributed by atoms with Crippen LogP contribution in [-0.4, -0.2) is 51.1 Å². The van der Waals surface area contributed by atoms with E-state index in [0.717, 1.165) is 44.9 Å². The van der Waals surface area contributed by atoms with Gasteiger partial charge in [-0.15, -0.1) is 0 Å². The molecule has 2 saturated carbocycles. The van der Waals surface area contributed by atoms with E-state index in [2.05, 4.69) is 6.07 Å². The van der Waals surface area contributed by atoms with Gasteiger partial charge in [-0.1, -0.05) is 6.92 Å². The lowest BCUT2D eigenvalue weighted by molar-refractivity contribution is -0.131. The van der Waals surface area contributed by atoms with Crippen molar-refractivity contribution in [2.75, 3.05) is 13.1 Å². The molecule has 3 fully saturated rings. The number of halogens is 1. The van der Waals surface area contributed by atoms with Crippen molar-refractivity contribution in [1.82, 2.24) is 9.32 Å². The maximum atomic E-state index is 12.4. The number of hydrogen-bond donors (Lipinski definition) is 1. The second-order valence-electron chi connectivity index (χ2n) is 7.56. The van der Waals surface area contributed by atoms with Crippen molar-refractivity contribution >= 4 is 17.7 Å². The average molecular weight is 340 g/mol. The van der Waals surface area contributed by atoms with Gasteiger partial charge in [0.2, 0.25) is 5.91 Å². The Balaban J connectivity index is 1.52. The van der Waals surface area contributed by atoms with E-state index in [4.69, 9.17) is 17.0 Å². The summed E-state index contributed by atoms with van der Waals surface area (Å²) in [5, 5.41) is 19.5. The van der Waals surface area contributed by atoms with Gasteiger partial charge in [-0.2, -0.15) is 5.26 Å². The van der Waals surface area contributed by atoms with Crippen molar-refractivity contribution in [3.8, 4) is 6.07 Å². The first kappa shape index (κ1) is 17.0. The summed E-state index contributed by atoms with van der Waals surface area (Å²) < 4.78 is 1.65. The molecular formula is C17H26ClN3O2. The third-order valence-electron chi connectivity index (χ3n) is 6.16. The molecule has 1 unspecified atom stereocenters. The number of fused-ring (bicyclic) bond motifs is 1. The van der Waals surface area contributed by atoms with Crippen LogP contribution in [0.25, 0.3) is 0 Å². The number of rotatable bonds is 4. The maximum Gasteiger partial charge on any atom is 0.239 e. The smallest absolute Gasteiger partial charge is 0.239 e. The van der Waals surface area contributed by atoms with E-state index in [1.807, 2.05) is 6.92 Å². The summed E-state index contributed by atoms with van der Waals surface area (Å²) in [6.07, 6.45) is 6.15. The number of nitrogens with zero attached hydrogens (tertiary/aromatic N) is 3. The third kappa shape index (κ3) is 3.35. The molecule has 2 aliphatic carbocycles. The first-order valence-corrected chi connectivity index (χ1v) is 9.13. The first-order valence-electron chi connectivity index (χ1n) is 8.79. The zero-order chi connectivity index (χ0) is 16.6. The lowest BCUT2D eigenvalue weighted by Gasteiger charge is -2.27. The normalized spacial score (nSPS) is 39.7. The molecule has 0 radical (unpaired) electrons. The molecule has 5 atom stereocenters. The van der Waals surface area contributed by atoms with Crippen molar-refractivity contribution in [2.45, 2.75) is 69.6 Å². The highest BCUT2D eigenvalue weighted by molar-refractivity contribution is 6.14. The number of nitriles is 1. The molecule has 128 valence electrons. The Labute approximate surface area is 143 Å². The Morgan fingerprint density at radius 1 is 1.43 bits per heavy atom. The van der Waals surface area contributed by atoms with E-state index in [-0.39, 0.29) is 24.5 Å². The van der Waals surface area contributed by atoms with E-state index in [0.29, 0.717) is 18.4 Å². The number of hydrogen-bond acceptors (Lipinski definition) is 4. The molecule has 23 heavy (non-hydrogen) atoms. The molecule has 0 aromatic carbocycles. The zero-order valence-corrected chi connectivity index (χ0v) is 14.5. The predicted molar refractivity (Wildman–Crippen MR) is 87.4 cm³/mol. The summed E-state index contributed by atoms with van der Waals surface area (Å²) in [4.78, 5) is 14.1. The Morgan fingerprint density at radius 2 is 2.09 bits per heavy atom. The quantitative estimate of drug-likeness (QED) is 0.798. The predicted octanol–water partition coefficient (Wildman–Crippen LogP) is 2.29. The van der Waals surface area contributed by atoms with E-state index in [1.165, 1.54) is 0 Å². The van der Waals surface area contributed by atoms with Crippen LogP contribution in [0.5, 0.6) is 0 Å². The molecular weight excluding hydrogens is 314 g/mol. The molecule has 1 heterocycles. The fourth-order valence-electron chi connectivity index (χ4n) is 4.81. The van der Waals surface area contributed by atoms with Gasteiger partial charge in [-0.05, 0) is 68.6 Å². The van der Waals surface area contributed by atoms with Crippen LogP contribution in [0.1, 0.15) is 51.9 Å². The SMILES string of the molecule is CC[C@@]1(O)C[C@H]2CC(N(Cl)CC(=O)N3CCC[C@H]3C#N)C[C@H]2C1. The largest absolute Gasteiger partial charge is 0.390 e. The minimum atomic E-state index is -0.483. The summed E-state index contributed by atoms with van der Waals surface area (Å²) in [5.74, 6) is 1.02. The Morgan fingerprint density at radius 3 is 2.65 bits per heavy atom. The number of likely N-dealkylation sites (tertiary alicyclic amines) is 1. The van der Waals surface area contributed by atoms with E-state index in [9.17, 15) is 9.90 Å². The summed E-state index contributed by atoms with van der Waals surface area (Å²) >= 11 is 6.41. The van der Waals surface area contributed by atoms with Crippen LogP contribution >= 0.6 is 11.8 Å². The highest BCUT2D eigenvalue weighted by Crippen LogP contribution is 2.51. The zero-order valence-electron chi connectivity index (χ0n) is 13.7. The monoisotopic (exact) mass is 339 g/mol. The first-order chi connectivity index (χ1) is 11.0. The number of aliphatic hydroxyl groups is 1. The lowest BCUT2D eigenvalue weighted by atomic mass is 9.94. The van der Waals surface area contributed by atoms with Crippen molar-refractivity contribution in [2.24, 2.45) is 11.8 Å². The highest BCUT2D eigenvalue weighted by atomic mass is 35.5. The Bertz CT molecular complexity index is 493. The molecule has 6 heteroatoms. The summed E-state index contributed by atoms with van der Waals surface area (Å²) in [6, 6.07) is 2.13. The minimum Gasteiger partial charge on any atom is -0.390 e.